The van der Waals surface area contributed by atoms with Crippen LogP contribution in [0.1, 0.15) is 58.3 Å². The van der Waals surface area contributed by atoms with Crippen LogP contribution in [0.3, 0.4) is 0 Å². The number of oxime groups is 1. The first kappa shape index (κ1) is 9.04. The van der Waals surface area contributed by atoms with E-state index in [4.69, 9.17) is 4.84 Å². The van der Waals surface area contributed by atoms with Gasteiger partial charge >= 0.3 is 0 Å². The lowest BCUT2D eigenvalue weighted by atomic mass is 9.88. The van der Waals surface area contributed by atoms with Gasteiger partial charge in [0.2, 0.25) is 0 Å². The van der Waals surface area contributed by atoms with E-state index < -0.39 is 0 Å². The van der Waals surface area contributed by atoms with Crippen molar-refractivity contribution in [1.29, 1.82) is 0 Å². The summed E-state index contributed by atoms with van der Waals surface area (Å²) < 4.78 is 0. The molecular weight excluding hydrogens is 162 g/mol. The van der Waals surface area contributed by atoms with Crippen molar-refractivity contribution in [2.45, 2.75) is 63.9 Å². The number of nitrogens with zero attached hydrogens (tertiary/aromatic N) is 1. The van der Waals surface area contributed by atoms with Gasteiger partial charge in [0.15, 0.2) is 0 Å². The Bertz CT molecular complexity index is 202. The van der Waals surface area contributed by atoms with Gasteiger partial charge in [0.05, 0.1) is 5.71 Å². The number of hydrogen-bond acceptors (Lipinski definition) is 2. The van der Waals surface area contributed by atoms with Gasteiger partial charge < -0.3 is 4.84 Å². The third kappa shape index (κ3) is 2.04. The van der Waals surface area contributed by atoms with E-state index in [2.05, 4.69) is 12.1 Å². The van der Waals surface area contributed by atoms with Gasteiger partial charge in [-0.05, 0) is 45.4 Å². The second-order valence-corrected chi connectivity index (χ2v) is 4.52. The van der Waals surface area contributed by atoms with Gasteiger partial charge in [0.25, 0.3) is 0 Å². The fourth-order valence-corrected chi connectivity index (χ4v) is 2.39. The summed E-state index contributed by atoms with van der Waals surface area (Å²) in [5, 5.41) is 4.17. The van der Waals surface area contributed by atoms with Gasteiger partial charge in [-0.15, -0.1) is 0 Å². The largest absolute Gasteiger partial charge is 0.389 e. The van der Waals surface area contributed by atoms with Crippen molar-refractivity contribution in [3.8, 4) is 0 Å². The lowest BCUT2D eigenvalue weighted by Crippen LogP contribution is -2.33. The zero-order valence-corrected chi connectivity index (χ0v) is 8.51. The minimum atomic E-state index is 0.135. The third-order valence-corrected chi connectivity index (χ3v) is 3.35. The summed E-state index contributed by atoms with van der Waals surface area (Å²) in [5.74, 6) is 0. The highest BCUT2D eigenvalue weighted by Gasteiger charge is 2.35. The highest BCUT2D eigenvalue weighted by molar-refractivity contribution is 5.81. The zero-order chi connectivity index (χ0) is 9.15. The summed E-state index contributed by atoms with van der Waals surface area (Å²) in [7, 11) is 0. The summed E-state index contributed by atoms with van der Waals surface area (Å²) in [6, 6.07) is 0. The van der Waals surface area contributed by atoms with E-state index in [1.54, 1.807) is 0 Å². The molecule has 2 rings (SSSR count). The van der Waals surface area contributed by atoms with E-state index in [1.165, 1.54) is 44.9 Å². The second-order valence-electron chi connectivity index (χ2n) is 4.52. The summed E-state index contributed by atoms with van der Waals surface area (Å²) >= 11 is 0. The van der Waals surface area contributed by atoms with Crippen LogP contribution in [-0.4, -0.2) is 11.3 Å². The van der Waals surface area contributed by atoms with E-state index >= 15 is 0 Å². The standard InChI is InChI=1S/C11H19NO/c1-10-6-9-11(13-12-10)7-4-2-3-5-8-11/h2-9H2,1H3. The molecule has 2 heteroatoms. The summed E-state index contributed by atoms with van der Waals surface area (Å²) in [5.41, 5.74) is 1.30. The van der Waals surface area contributed by atoms with Crippen LogP contribution in [-0.2, 0) is 4.84 Å². The normalized spacial score (nSPS) is 27.6. The van der Waals surface area contributed by atoms with Crippen LogP contribution < -0.4 is 0 Å². The van der Waals surface area contributed by atoms with Crippen LogP contribution in [0.15, 0.2) is 5.16 Å². The molecule has 13 heavy (non-hydrogen) atoms. The highest BCUT2D eigenvalue weighted by Crippen LogP contribution is 2.36. The van der Waals surface area contributed by atoms with Crippen LogP contribution in [0.4, 0.5) is 0 Å². The maximum absolute atomic E-state index is 5.69. The molecule has 1 fully saturated rings. The molecule has 74 valence electrons. The molecule has 0 amide bonds. The molecule has 0 unspecified atom stereocenters. The molecule has 2 aliphatic rings. The van der Waals surface area contributed by atoms with Crippen molar-refractivity contribution in [2.24, 2.45) is 5.16 Å². The SMILES string of the molecule is CC1=NOC2(CCCCCC2)CC1. The zero-order valence-electron chi connectivity index (χ0n) is 8.51. The Morgan fingerprint density at radius 3 is 2.31 bits per heavy atom. The molecule has 0 aromatic carbocycles. The molecule has 0 N–H and O–H groups in total. The predicted octanol–water partition coefficient (Wildman–Crippen LogP) is 3.27. The Hall–Kier alpha value is -0.530. The molecule has 0 atom stereocenters. The maximum atomic E-state index is 5.69. The van der Waals surface area contributed by atoms with Crippen molar-refractivity contribution >= 4 is 5.71 Å². The van der Waals surface area contributed by atoms with Crippen LogP contribution in [0, 0.1) is 0 Å². The first-order valence-electron chi connectivity index (χ1n) is 5.52. The molecule has 1 saturated carbocycles. The molecule has 0 bridgehead atoms. The van der Waals surface area contributed by atoms with Crippen molar-refractivity contribution in [3.63, 3.8) is 0 Å². The Balaban J connectivity index is 2.02. The number of rotatable bonds is 0. The average molecular weight is 181 g/mol. The van der Waals surface area contributed by atoms with E-state index in [0.717, 1.165) is 12.1 Å². The van der Waals surface area contributed by atoms with Crippen molar-refractivity contribution in [2.75, 3.05) is 0 Å². The van der Waals surface area contributed by atoms with Crippen LogP contribution in [0.5, 0.6) is 0 Å². The lowest BCUT2D eigenvalue weighted by Gasteiger charge is -2.33. The molecule has 1 aliphatic carbocycles. The first-order chi connectivity index (χ1) is 6.31. The van der Waals surface area contributed by atoms with Crippen molar-refractivity contribution in [3.05, 3.63) is 0 Å². The van der Waals surface area contributed by atoms with E-state index in [9.17, 15) is 0 Å². The Morgan fingerprint density at radius 1 is 1.08 bits per heavy atom. The summed E-state index contributed by atoms with van der Waals surface area (Å²) in [4.78, 5) is 5.69. The average Bonchev–Trinajstić information content (AvgIpc) is 2.37. The Morgan fingerprint density at radius 2 is 1.77 bits per heavy atom. The molecule has 0 radical (unpaired) electrons. The topological polar surface area (TPSA) is 21.6 Å². The van der Waals surface area contributed by atoms with Crippen LogP contribution in [0.25, 0.3) is 0 Å². The molecule has 1 heterocycles. The van der Waals surface area contributed by atoms with Gasteiger partial charge in [-0.2, -0.15) is 0 Å². The fourth-order valence-electron chi connectivity index (χ4n) is 2.39. The third-order valence-electron chi connectivity index (χ3n) is 3.35. The van der Waals surface area contributed by atoms with E-state index in [1.807, 2.05) is 0 Å². The highest BCUT2D eigenvalue weighted by atomic mass is 16.7. The number of hydrogen-bond donors (Lipinski definition) is 0. The van der Waals surface area contributed by atoms with E-state index in [-0.39, 0.29) is 5.60 Å². The van der Waals surface area contributed by atoms with Gasteiger partial charge in [0.1, 0.15) is 5.60 Å². The molecule has 0 saturated heterocycles. The summed E-state index contributed by atoms with van der Waals surface area (Å²) in [6.07, 6.45) is 10.2. The lowest BCUT2D eigenvalue weighted by molar-refractivity contribution is -0.0678. The molecule has 1 spiro atoms. The van der Waals surface area contributed by atoms with Crippen molar-refractivity contribution < 1.29 is 4.84 Å². The van der Waals surface area contributed by atoms with Gasteiger partial charge in [-0.3, -0.25) is 0 Å². The maximum Gasteiger partial charge on any atom is 0.138 e. The minimum absolute atomic E-state index is 0.135. The molecule has 2 nitrogen and oxygen atoms in total. The first-order valence-corrected chi connectivity index (χ1v) is 5.52. The Labute approximate surface area is 80.3 Å². The molecule has 0 aromatic heterocycles. The van der Waals surface area contributed by atoms with Crippen molar-refractivity contribution in [1.82, 2.24) is 0 Å². The Kier molecular flexibility index (Phi) is 2.56. The smallest absolute Gasteiger partial charge is 0.138 e. The quantitative estimate of drug-likeness (QED) is 0.562. The predicted molar refractivity (Wildman–Crippen MR) is 53.9 cm³/mol. The molecular formula is C11H19NO. The van der Waals surface area contributed by atoms with Gasteiger partial charge in [-0.25, -0.2) is 0 Å². The minimum Gasteiger partial charge on any atom is -0.389 e. The molecule has 0 aromatic rings. The van der Waals surface area contributed by atoms with Crippen LogP contribution >= 0.6 is 0 Å². The van der Waals surface area contributed by atoms with E-state index in [0.29, 0.717) is 0 Å². The fraction of sp³-hybridized carbons (Fsp3) is 0.909. The second kappa shape index (κ2) is 3.69. The summed E-state index contributed by atoms with van der Waals surface area (Å²) in [6.45, 7) is 2.06. The monoisotopic (exact) mass is 181 g/mol. The molecule has 1 aliphatic heterocycles. The van der Waals surface area contributed by atoms with Gasteiger partial charge in [0, 0.05) is 0 Å². The van der Waals surface area contributed by atoms with Gasteiger partial charge in [-0.1, -0.05) is 18.0 Å². The van der Waals surface area contributed by atoms with Crippen LogP contribution in [0.2, 0.25) is 0 Å².